The molecule has 2 fully saturated rings. The van der Waals surface area contributed by atoms with E-state index in [1.165, 1.54) is 0 Å². The minimum Gasteiger partial charge on any atom is -0.446 e. The van der Waals surface area contributed by atoms with Gasteiger partial charge in [0.25, 0.3) is 5.09 Å². The monoisotopic (exact) mass is 315 g/mol. The number of hydrogen-bond acceptors (Lipinski definition) is 6. The van der Waals surface area contributed by atoms with Crippen molar-refractivity contribution in [1.29, 1.82) is 0 Å². The van der Waals surface area contributed by atoms with E-state index in [1.54, 1.807) is 0 Å². The summed E-state index contributed by atoms with van der Waals surface area (Å²) in [7, 11) is 2.06. The first kappa shape index (κ1) is 16.8. The Morgan fingerprint density at radius 2 is 1.82 bits per heavy atom. The third kappa shape index (κ3) is 5.67. The standard InChI is InChI=1S/C14H25N3O5/c1-16-8-6-12(7-9-16)21-14(18)15-10-11-2-4-13(5-3-11)22-17(19)20/h11-13H,2-10H2,1H3,(H,15,18)/t11-,13+. The van der Waals surface area contributed by atoms with E-state index >= 15 is 0 Å². The number of nitrogens with zero attached hydrogens (tertiary/aromatic N) is 2. The van der Waals surface area contributed by atoms with E-state index in [2.05, 4.69) is 22.1 Å². The number of hydrogen-bond donors (Lipinski definition) is 1. The van der Waals surface area contributed by atoms with Crippen molar-refractivity contribution >= 4 is 6.09 Å². The van der Waals surface area contributed by atoms with Gasteiger partial charge in [-0.2, -0.15) is 0 Å². The molecule has 8 nitrogen and oxygen atoms in total. The molecular formula is C14H25N3O5. The summed E-state index contributed by atoms with van der Waals surface area (Å²) in [5.74, 6) is 0.344. The van der Waals surface area contributed by atoms with Crippen LogP contribution in [0.2, 0.25) is 0 Å². The summed E-state index contributed by atoms with van der Waals surface area (Å²) in [6, 6.07) is 0. The molecule has 0 aromatic rings. The number of carbonyl (C=O) groups excluding carboxylic acids is 1. The molecule has 1 heterocycles. The lowest BCUT2D eigenvalue weighted by molar-refractivity contribution is -0.769. The van der Waals surface area contributed by atoms with Crippen LogP contribution in [0.5, 0.6) is 0 Å². The summed E-state index contributed by atoms with van der Waals surface area (Å²) >= 11 is 0. The van der Waals surface area contributed by atoms with Gasteiger partial charge in [-0.1, -0.05) is 0 Å². The van der Waals surface area contributed by atoms with E-state index in [0.29, 0.717) is 25.3 Å². The van der Waals surface area contributed by atoms with Gasteiger partial charge in [0.1, 0.15) is 12.2 Å². The van der Waals surface area contributed by atoms with Crippen molar-refractivity contribution in [1.82, 2.24) is 10.2 Å². The molecule has 126 valence electrons. The Morgan fingerprint density at radius 1 is 1.18 bits per heavy atom. The second kappa shape index (κ2) is 8.17. The van der Waals surface area contributed by atoms with Crippen LogP contribution in [0.3, 0.4) is 0 Å². The van der Waals surface area contributed by atoms with Crippen LogP contribution in [-0.2, 0) is 9.57 Å². The molecule has 0 bridgehead atoms. The van der Waals surface area contributed by atoms with Crippen molar-refractivity contribution in [2.24, 2.45) is 5.92 Å². The summed E-state index contributed by atoms with van der Waals surface area (Å²) in [5, 5.41) is 12.4. The summed E-state index contributed by atoms with van der Waals surface area (Å²) in [6.07, 6.45) is 4.12. The molecule has 0 unspecified atom stereocenters. The Labute approximate surface area is 130 Å². The zero-order valence-corrected chi connectivity index (χ0v) is 13.0. The van der Waals surface area contributed by atoms with Gasteiger partial charge in [-0.3, -0.25) is 0 Å². The van der Waals surface area contributed by atoms with Gasteiger partial charge in [0.15, 0.2) is 0 Å². The minimum atomic E-state index is -0.720. The molecule has 2 aliphatic rings. The maximum Gasteiger partial charge on any atom is 0.407 e. The maximum atomic E-state index is 11.8. The zero-order valence-electron chi connectivity index (χ0n) is 13.0. The number of nitrogens with one attached hydrogen (secondary N) is 1. The number of ether oxygens (including phenoxy) is 1. The smallest absolute Gasteiger partial charge is 0.407 e. The normalized spacial score (nSPS) is 27.1. The number of likely N-dealkylation sites (tertiary alicyclic amines) is 1. The lowest BCUT2D eigenvalue weighted by Crippen LogP contribution is -2.39. The Bertz CT molecular complexity index is 377. The van der Waals surface area contributed by atoms with Crippen molar-refractivity contribution in [2.75, 3.05) is 26.7 Å². The van der Waals surface area contributed by atoms with Gasteiger partial charge in [-0.25, -0.2) is 4.79 Å². The molecular weight excluding hydrogens is 290 g/mol. The van der Waals surface area contributed by atoms with E-state index in [1.807, 2.05) is 0 Å². The summed E-state index contributed by atoms with van der Waals surface area (Å²) in [5.41, 5.74) is 0. The molecule has 8 heteroatoms. The zero-order chi connectivity index (χ0) is 15.9. The number of amides is 1. The van der Waals surface area contributed by atoms with E-state index in [0.717, 1.165) is 38.8 Å². The lowest BCUT2D eigenvalue weighted by atomic mass is 9.87. The highest BCUT2D eigenvalue weighted by Gasteiger charge is 2.25. The van der Waals surface area contributed by atoms with Crippen LogP contribution in [0.1, 0.15) is 38.5 Å². The van der Waals surface area contributed by atoms with Gasteiger partial charge in [-0.15, -0.1) is 10.1 Å². The van der Waals surface area contributed by atoms with Crippen LogP contribution in [-0.4, -0.2) is 55.0 Å². The first-order valence-corrected chi connectivity index (χ1v) is 7.97. The Kier molecular flexibility index (Phi) is 6.23. The van der Waals surface area contributed by atoms with Gasteiger partial charge in [-0.05, 0) is 51.5 Å². The molecule has 0 spiro atoms. The predicted octanol–water partition coefficient (Wildman–Crippen LogP) is 1.57. The van der Waals surface area contributed by atoms with Crippen molar-refractivity contribution in [2.45, 2.75) is 50.7 Å². The van der Waals surface area contributed by atoms with Gasteiger partial charge >= 0.3 is 6.09 Å². The molecule has 0 aromatic carbocycles. The Balaban J connectivity index is 1.58. The molecule has 0 radical (unpaired) electrons. The predicted molar refractivity (Wildman–Crippen MR) is 78.8 cm³/mol. The van der Waals surface area contributed by atoms with E-state index in [-0.39, 0.29) is 18.3 Å². The van der Waals surface area contributed by atoms with Crippen LogP contribution in [0, 0.1) is 16.0 Å². The average Bonchev–Trinajstić information content (AvgIpc) is 2.48. The van der Waals surface area contributed by atoms with Gasteiger partial charge in [0.05, 0.1) is 0 Å². The van der Waals surface area contributed by atoms with Crippen molar-refractivity contribution in [3.05, 3.63) is 10.1 Å². The highest BCUT2D eigenvalue weighted by atomic mass is 17.0. The fourth-order valence-corrected chi connectivity index (χ4v) is 3.09. The molecule has 1 amide bonds. The second-order valence-corrected chi connectivity index (χ2v) is 6.26. The fourth-order valence-electron chi connectivity index (χ4n) is 3.09. The molecule has 1 N–H and O–H groups in total. The Hall–Kier alpha value is -1.57. The van der Waals surface area contributed by atoms with E-state index in [9.17, 15) is 14.9 Å². The highest BCUT2D eigenvalue weighted by Crippen LogP contribution is 2.25. The van der Waals surface area contributed by atoms with Crippen LogP contribution in [0.25, 0.3) is 0 Å². The first-order chi connectivity index (χ1) is 10.5. The summed E-state index contributed by atoms with van der Waals surface area (Å²) < 4.78 is 5.41. The van der Waals surface area contributed by atoms with Crippen molar-refractivity contribution in [3.8, 4) is 0 Å². The van der Waals surface area contributed by atoms with Crippen LogP contribution in [0.15, 0.2) is 0 Å². The Morgan fingerprint density at radius 3 is 2.41 bits per heavy atom. The highest BCUT2D eigenvalue weighted by molar-refractivity contribution is 5.67. The SMILES string of the molecule is CN1CCC(OC(=O)NC[C@H]2CC[C@@H](O[N+](=O)[O-])CC2)CC1. The third-order valence-electron chi connectivity index (χ3n) is 4.50. The van der Waals surface area contributed by atoms with Crippen molar-refractivity contribution in [3.63, 3.8) is 0 Å². The molecule has 1 saturated carbocycles. The molecule has 1 aliphatic heterocycles. The molecule has 0 aromatic heterocycles. The number of rotatable bonds is 5. The number of carbonyl (C=O) groups is 1. The van der Waals surface area contributed by atoms with Gasteiger partial charge in [0, 0.05) is 19.6 Å². The lowest BCUT2D eigenvalue weighted by Gasteiger charge is -2.29. The van der Waals surface area contributed by atoms with Crippen LogP contribution in [0.4, 0.5) is 4.79 Å². The van der Waals surface area contributed by atoms with Gasteiger partial charge in [0.2, 0.25) is 0 Å². The largest absolute Gasteiger partial charge is 0.446 e. The molecule has 22 heavy (non-hydrogen) atoms. The fraction of sp³-hybridized carbons (Fsp3) is 0.929. The summed E-state index contributed by atoms with van der Waals surface area (Å²) in [4.78, 5) is 28.9. The molecule has 1 aliphatic carbocycles. The number of piperidine rings is 1. The van der Waals surface area contributed by atoms with Gasteiger partial charge < -0.3 is 19.8 Å². The molecule has 0 atom stereocenters. The number of alkyl carbamates (subject to hydrolysis) is 1. The maximum absolute atomic E-state index is 11.8. The molecule has 2 rings (SSSR count). The third-order valence-corrected chi connectivity index (χ3v) is 4.50. The summed E-state index contributed by atoms with van der Waals surface area (Å²) in [6.45, 7) is 2.48. The van der Waals surface area contributed by atoms with E-state index < -0.39 is 5.09 Å². The second-order valence-electron chi connectivity index (χ2n) is 6.26. The molecule has 1 saturated heterocycles. The quantitative estimate of drug-likeness (QED) is 0.611. The van der Waals surface area contributed by atoms with Crippen LogP contribution < -0.4 is 5.32 Å². The minimum absolute atomic E-state index is 0.0143. The van der Waals surface area contributed by atoms with E-state index in [4.69, 9.17) is 4.74 Å². The van der Waals surface area contributed by atoms with Crippen molar-refractivity contribution < 1.29 is 19.5 Å². The first-order valence-electron chi connectivity index (χ1n) is 7.97. The topological polar surface area (TPSA) is 93.9 Å². The average molecular weight is 315 g/mol. The van der Waals surface area contributed by atoms with Crippen LogP contribution >= 0.6 is 0 Å².